The molecule has 0 unspecified atom stereocenters. The quantitative estimate of drug-likeness (QED) is 0.928. The van der Waals surface area contributed by atoms with Gasteiger partial charge in [-0.1, -0.05) is 36.5 Å². The van der Waals surface area contributed by atoms with Gasteiger partial charge in [0.1, 0.15) is 0 Å². The van der Waals surface area contributed by atoms with Gasteiger partial charge in [0, 0.05) is 48.0 Å². The Kier molecular flexibility index (Phi) is 4.53. The zero-order chi connectivity index (χ0) is 14.8. The van der Waals surface area contributed by atoms with E-state index in [0.29, 0.717) is 10.0 Å². The summed E-state index contributed by atoms with van der Waals surface area (Å²) in [5, 5.41) is 5.73. The maximum atomic E-state index is 6.37. The second kappa shape index (κ2) is 6.39. The summed E-state index contributed by atoms with van der Waals surface area (Å²) in [6.45, 7) is 6.16. The number of piperazine rings is 1. The molecule has 0 bridgehead atoms. The number of hydrogen-bond donors (Lipinski definition) is 1. The molecule has 1 aromatic heterocycles. The summed E-state index contributed by atoms with van der Waals surface area (Å²) >= 11 is 12.6. The van der Waals surface area contributed by atoms with Crippen LogP contribution in [0.25, 0.3) is 10.9 Å². The lowest BCUT2D eigenvalue weighted by atomic mass is 10.1. The fourth-order valence-corrected chi connectivity index (χ4v) is 3.37. The second-order valence-corrected chi connectivity index (χ2v) is 6.25. The molecule has 1 aliphatic rings. The molecule has 21 heavy (non-hydrogen) atoms. The predicted octanol–water partition coefficient (Wildman–Crippen LogP) is 3.90. The smallest absolute Gasteiger partial charge is 0.0913 e. The molecule has 0 radical (unpaired) electrons. The van der Waals surface area contributed by atoms with Crippen LogP contribution in [0.4, 0.5) is 5.69 Å². The fourth-order valence-electron chi connectivity index (χ4n) is 2.84. The first-order valence-electron chi connectivity index (χ1n) is 7.43. The molecular weight excluding hydrogens is 305 g/mol. The molecule has 2 heterocycles. The highest BCUT2D eigenvalue weighted by atomic mass is 35.5. The Morgan fingerprint density at radius 1 is 1.19 bits per heavy atom. The second-order valence-electron chi connectivity index (χ2n) is 5.40. The molecule has 2 aromatic rings. The van der Waals surface area contributed by atoms with Crippen LogP contribution in [-0.2, 0) is 6.42 Å². The molecule has 112 valence electrons. The van der Waals surface area contributed by atoms with Crippen LogP contribution in [0.3, 0.4) is 0 Å². The van der Waals surface area contributed by atoms with Crippen molar-refractivity contribution in [1.29, 1.82) is 0 Å². The van der Waals surface area contributed by atoms with Crippen LogP contribution in [0, 0.1) is 0 Å². The van der Waals surface area contributed by atoms with Gasteiger partial charge in [-0.3, -0.25) is 4.98 Å². The Labute approximate surface area is 135 Å². The van der Waals surface area contributed by atoms with Gasteiger partial charge in [-0.25, -0.2) is 0 Å². The van der Waals surface area contributed by atoms with Crippen LogP contribution in [0.2, 0.25) is 10.0 Å². The number of halogens is 2. The molecule has 0 aliphatic carbocycles. The number of anilines is 1. The van der Waals surface area contributed by atoms with E-state index in [1.165, 1.54) is 5.69 Å². The van der Waals surface area contributed by atoms with Gasteiger partial charge in [-0.15, -0.1) is 0 Å². The molecule has 3 nitrogen and oxygen atoms in total. The molecule has 1 aromatic carbocycles. The Morgan fingerprint density at radius 2 is 1.95 bits per heavy atom. The summed E-state index contributed by atoms with van der Waals surface area (Å²) in [6, 6.07) is 5.95. The normalized spacial score (nSPS) is 15.7. The van der Waals surface area contributed by atoms with Gasteiger partial charge in [0.05, 0.1) is 10.5 Å². The van der Waals surface area contributed by atoms with Gasteiger partial charge >= 0.3 is 0 Å². The van der Waals surface area contributed by atoms with Crippen molar-refractivity contribution in [3.63, 3.8) is 0 Å². The Morgan fingerprint density at radius 3 is 2.67 bits per heavy atom. The van der Waals surface area contributed by atoms with Crippen molar-refractivity contribution in [3.05, 3.63) is 33.9 Å². The Balaban J connectivity index is 2.18. The van der Waals surface area contributed by atoms with Crippen molar-refractivity contribution in [3.8, 4) is 0 Å². The maximum Gasteiger partial charge on any atom is 0.0913 e. The van der Waals surface area contributed by atoms with Crippen LogP contribution in [0.5, 0.6) is 0 Å². The van der Waals surface area contributed by atoms with E-state index in [9.17, 15) is 0 Å². The van der Waals surface area contributed by atoms with E-state index in [1.807, 2.05) is 6.07 Å². The first kappa shape index (κ1) is 14.9. The molecule has 1 saturated heterocycles. The largest absolute Gasteiger partial charge is 0.368 e. The highest BCUT2D eigenvalue weighted by molar-refractivity contribution is 6.38. The fraction of sp³-hybridized carbons (Fsp3) is 0.438. The lowest BCUT2D eigenvalue weighted by Gasteiger charge is -2.30. The minimum atomic E-state index is 0.631. The topological polar surface area (TPSA) is 28.2 Å². The highest BCUT2D eigenvalue weighted by Crippen LogP contribution is 2.34. The molecular formula is C16H19Cl2N3. The molecule has 0 atom stereocenters. The average Bonchev–Trinajstić information content (AvgIpc) is 2.48. The number of benzene rings is 1. The number of rotatable bonds is 3. The van der Waals surface area contributed by atoms with E-state index < -0.39 is 0 Å². The van der Waals surface area contributed by atoms with E-state index in [2.05, 4.69) is 23.2 Å². The number of hydrogen-bond acceptors (Lipinski definition) is 3. The standard InChI is InChI=1S/C16H19Cl2N3/c1-2-3-12-10-15(21-6-4-19-5-7-21)13-8-11(17)9-14(18)16(13)20-12/h8-10,19H,2-7H2,1H3. The van der Waals surface area contributed by atoms with E-state index in [1.54, 1.807) is 6.07 Å². The van der Waals surface area contributed by atoms with Gasteiger partial charge in [-0.2, -0.15) is 0 Å². The van der Waals surface area contributed by atoms with Crippen molar-refractivity contribution >= 4 is 39.8 Å². The average molecular weight is 324 g/mol. The molecule has 1 fully saturated rings. The minimum absolute atomic E-state index is 0.631. The third-order valence-electron chi connectivity index (χ3n) is 3.83. The van der Waals surface area contributed by atoms with Gasteiger partial charge < -0.3 is 10.2 Å². The molecule has 5 heteroatoms. The third kappa shape index (κ3) is 3.10. The predicted molar refractivity (Wildman–Crippen MR) is 90.8 cm³/mol. The number of nitrogens with one attached hydrogen (secondary N) is 1. The van der Waals surface area contributed by atoms with Crippen LogP contribution < -0.4 is 10.2 Å². The van der Waals surface area contributed by atoms with E-state index in [0.717, 1.165) is 55.6 Å². The van der Waals surface area contributed by atoms with Crippen molar-refractivity contribution < 1.29 is 0 Å². The first-order chi connectivity index (χ1) is 10.2. The first-order valence-corrected chi connectivity index (χ1v) is 8.19. The Hall–Kier alpha value is -1.03. The Bertz CT molecular complexity index is 652. The van der Waals surface area contributed by atoms with E-state index in [4.69, 9.17) is 28.2 Å². The molecule has 0 saturated carbocycles. The summed E-state index contributed by atoms with van der Waals surface area (Å²) < 4.78 is 0. The van der Waals surface area contributed by atoms with Gasteiger partial charge in [-0.05, 0) is 24.6 Å². The third-order valence-corrected chi connectivity index (χ3v) is 4.33. The summed E-state index contributed by atoms with van der Waals surface area (Å²) in [6.07, 6.45) is 2.04. The number of pyridine rings is 1. The molecule has 1 aliphatic heterocycles. The summed E-state index contributed by atoms with van der Waals surface area (Å²) in [4.78, 5) is 7.12. The highest BCUT2D eigenvalue weighted by Gasteiger charge is 2.17. The number of fused-ring (bicyclic) bond motifs is 1. The van der Waals surface area contributed by atoms with Crippen LogP contribution in [0.1, 0.15) is 19.0 Å². The lowest BCUT2D eigenvalue weighted by molar-refractivity contribution is 0.590. The summed E-state index contributed by atoms with van der Waals surface area (Å²) in [5.41, 5.74) is 3.16. The molecule has 3 rings (SSSR count). The van der Waals surface area contributed by atoms with Crippen LogP contribution >= 0.6 is 23.2 Å². The zero-order valence-electron chi connectivity index (χ0n) is 12.1. The summed E-state index contributed by atoms with van der Waals surface area (Å²) in [5.74, 6) is 0. The van der Waals surface area contributed by atoms with Crippen molar-refractivity contribution in [1.82, 2.24) is 10.3 Å². The van der Waals surface area contributed by atoms with Crippen molar-refractivity contribution in [2.24, 2.45) is 0 Å². The van der Waals surface area contributed by atoms with Crippen molar-refractivity contribution in [2.75, 3.05) is 31.1 Å². The number of aromatic nitrogens is 1. The molecule has 0 spiro atoms. The van der Waals surface area contributed by atoms with Crippen molar-refractivity contribution in [2.45, 2.75) is 19.8 Å². The summed E-state index contributed by atoms with van der Waals surface area (Å²) in [7, 11) is 0. The maximum absolute atomic E-state index is 6.37. The van der Waals surface area contributed by atoms with Gasteiger partial charge in [0.25, 0.3) is 0 Å². The van der Waals surface area contributed by atoms with Gasteiger partial charge in [0.2, 0.25) is 0 Å². The zero-order valence-corrected chi connectivity index (χ0v) is 13.6. The minimum Gasteiger partial charge on any atom is -0.368 e. The molecule has 1 N–H and O–H groups in total. The van der Waals surface area contributed by atoms with E-state index >= 15 is 0 Å². The molecule has 0 amide bonds. The number of aryl methyl sites for hydroxylation is 1. The van der Waals surface area contributed by atoms with Crippen LogP contribution in [0.15, 0.2) is 18.2 Å². The SMILES string of the molecule is CCCc1cc(N2CCNCC2)c2cc(Cl)cc(Cl)c2n1. The lowest BCUT2D eigenvalue weighted by Crippen LogP contribution is -2.43. The van der Waals surface area contributed by atoms with E-state index in [-0.39, 0.29) is 0 Å². The monoisotopic (exact) mass is 323 g/mol. The van der Waals surface area contributed by atoms with Gasteiger partial charge in [0.15, 0.2) is 0 Å². The number of nitrogens with zero attached hydrogens (tertiary/aromatic N) is 2. The van der Waals surface area contributed by atoms with Crippen LogP contribution in [-0.4, -0.2) is 31.2 Å².